The number of hydrogen-bond acceptors (Lipinski definition) is 2. The number of halogens is 3. The van der Waals surface area contributed by atoms with Crippen molar-refractivity contribution in [3.05, 3.63) is 54.1 Å². The number of hydrogen-bond donors (Lipinski definition) is 1. The lowest BCUT2D eigenvalue weighted by atomic mass is 9.93. The van der Waals surface area contributed by atoms with Gasteiger partial charge in [-0.15, -0.1) is 24.0 Å². The summed E-state index contributed by atoms with van der Waals surface area (Å²) in [5.41, 5.74) is 0.110. The van der Waals surface area contributed by atoms with E-state index in [9.17, 15) is 8.78 Å². The lowest BCUT2D eigenvalue weighted by Crippen LogP contribution is -2.49. The maximum Gasteiger partial charge on any atom is 0.193 e. The summed E-state index contributed by atoms with van der Waals surface area (Å²) in [4.78, 5) is 10.7. The van der Waals surface area contributed by atoms with E-state index in [1.165, 1.54) is 18.2 Å². The van der Waals surface area contributed by atoms with Crippen LogP contribution in [0.1, 0.15) is 24.9 Å². The number of nitrogens with one attached hydrogen (secondary N) is 1. The second-order valence-corrected chi connectivity index (χ2v) is 6.71. The molecule has 1 aliphatic heterocycles. The molecule has 1 saturated heterocycles. The molecule has 2 atom stereocenters. The average Bonchev–Trinajstić information content (AvgIpc) is 3.16. The van der Waals surface area contributed by atoms with Crippen molar-refractivity contribution in [2.24, 2.45) is 10.9 Å². The molecule has 1 aliphatic rings. The van der Waals surface area contributed by atoms with Crippen LogP contribution >= 0.6 is 24.0 Å². The molecule has 3 rings (SSSR count). The van der Waals surface area contributed by atoms with E-state index < -0.39 is 11.6 Å². The summed E-state index contributed by atoms with van der Waals surface area (Å²) in [7, 11) is 1.73. The minimum atomic E-state index is -0.506. The van der Waals surface area contributed by atoms with Gasteiger partial charge < -0.3 is 14.8 Å². The zero-order chi connectivity index (χ0) is 18.5. The Morgan fingerprint density at radius 3 is 2.70 bits per heavy atom. The fourth-order valence-electron chi connectivity index (χ4n) is 3.50. The van der Waals surface area contributed by atoms with Crippen molar-refractivity contribution in [2.75, 3.05) is 26.7 Å². The maximum atomic E-state index is 13.7. The fraction of sp³-hybridized carbons (Fsp3) is 0.474. The van der Waals surface area contributed by atoms with Crippen LogP contribution in [0.5, 0.6) is 0 Å². The number of rotatable bonds is 4. The largest absolute Gasteiger partial charge is 0.356 e. The molecule has 0 aliphatic carbocycles. The van der Waals surface area contributed by atoms with Crippen molar-refractivity contribution >= 4 is 29.9 Å². The van der Waals surface area contributed by atoms with E-state index in [1.54, 1.807) is 13.2 Å². The van der Waals surface area contributed by atoms with E-state index in [-0.39, 0.29) is 36.0 Å². The molecule has 0 saturated carbocycles. The molecule has 2 unspecified atom stereocenters. The van der Waals surface area contributed by atoms with Crippen LogP contribution in [0, 0.1) is 17.6 Å². The Hall–Kier alpha value is -1.71. The third kappa shape index (κ3) is 5.18. The Morgan fingerprint density at radius 2 is 2.07 bits per heavy atom. The number of likely N-dealkylation sites (tertiary alicyclic amines) is 1. The summed E-state index contributed by atoms with van der Waals surface area (Å²) in [5.74, 6) is 0.298. The van der Waals surface area contributed by atoms with E-state index in [0.29, 0.717) is 18.5 Å². The monoisotopic (exact) mass is 489 g/mol. The van der Waals surface area contributed by atoms with E-state index in [2.05, 4.69) is 31.7 Å². The highest BCUT2D eigenvalue weighted by Crippen LogP contribution is 2.27. The van der Waals surface area contributed by atoms with Crippen LogP contribution in [0.15, 0.2) is 41.9 Å². The maximum absolute atomic E-state index is 13.7. The third-order valence-corrected chi connectivity index (χ3v) is 5.06. The van der Waals surface area contributed by atoms with Gasteiger partial charge in [-0.3, -0.25) is 4.99 Å². The molecule has 0 spiro atoms. The van der Waals surface area contributed by atoms with Crippen molar-refractivity contribution < 1.29 is 8.78 Å². The smallest absolute Gasteiger partial charge is 0.193 e. The second kappa shape index (κ2) is 10.0. The average molecular weight is 489 g/mol. The van der Waals surface area contributed by atoms with Crippen LogP contribution < -0.4 is 5.32 Å². The summed E-state index contributed by atoms with van der Waals surface area (Å²) in [5, 5.41) is 3.24. The molecule has 0 amide bonds. The first-order valence-electron chi connectivity index (χ1n) is 8.96. The number of benzene rings is 1. The standard InChI is InChI=1S/C19H25F2N5.HI/c1-14-7-10-25(12-18(14)26-11-9-23-13-26)19(22-2)24-8-6-15-16(20)4-3-5-17(15)21;/h3-5,9,11,13-14,18H,6-8,10,12H2,1-2H3,(H,22,24);1H. The fourth-order valence-corrected chi connectivity index (χ4v) is 3.50. The van der Waals surface area contributed by atoms with Gasteiger partial charge in [-0.2, -0.15) is 0 Å². The first kappa shape index (κ1) is 21.6. The minimum absolute atomic E-state index is 0. The lowest BCUT2D eigenvalue weighted by molar-refractivity contribution is 0.189. The van der Waals surface area contributed by atoms with Crippen molar-refractivity contribution in [3.63, 3.8) is 0 Å². The molecule has 2 aromatic rings. The predicted molar refractivity (Wildman–Crippen MR) is 113 cm³/mol. The molecule has 1 aromatic carbocycles. The Bertz CT molecular complexity index is 730. The number of nitrogens with zero attached hydrogens (tertiary/aromatic N) is 4. The van der Waals surface area contributed by atoms with Gasteiger partial charge in [0.2, 0.25) is 0 Å². The van der Waals surface area contributed by atoms with Crippen LogP contribution in [0.3, 0.4) is 0 Å². The summed E-state index contributed by atoms with van der Waals surface area (Å²) < 4.78 is 29.6. The highest BCUT2D eigenvalue weighted by Gasteiger charge is 2.28. The first-order valence-corrected chi connectivity index (χ1v) is 8.96. The van der Waals surface area contributed by atoms with Crippen LogP contribution in [-0.4, -0.2) is 47.1 Å². The van der Waals surface area contributed by atoms with Crippen LogP contribution in [0.2, 0.25) is 0 Å². The summed E-state index contributed by atoms with van der Waals surface area (Å²) in [6.45, 7) is 4.40. The van der Waals surface area contributed by atoms with Gasteiger partial charge in [-0.1, -0.05) is 13.0 Å². The Morgan fingerprint density at radius 1 is 1.33 bits per heavy atom. The lowest BCUT2D eigenvalue weighted by Gasteiger charge is -2.39. The molecule has 1 aromatic heterocycles. The quantitative estimate of drug-likeness (QED) is 0.407. The SMILES string of the molecule is CN=C(NCCc1c(F)cccc1F)N1CCC(C)C(n2ccnc2)C1.I. The summed E-state index contributed by atoms with van der Waals surface area (Å²) in [6.07, 6.45) is 6.95. The first-order chi connectivity index (χ1) is 12.6. The van der Waals surface area contributed by atoms with Crippen molar-refractivity contribution in [1.29, 1.82) is 0 Å². The molecule has 1 N–H and O–H groups in total. The molecular weight excluding hydrogens is 463 g/mol. The van der Waals surface area contributed by atoms with Gasteiger partial charge in [0.15, 0.2) is 5.96 Å². The number of aromatic nitrogens is 2. The minimum Gasteiger partial charge on any atom is -0.356 e. The Kier molecular flexibility index (Phi) is 8.00. The molecule has 27 heavy (non-hydrogen) atoms. The molecular formula is C19H26F2IN5. The molecule has 5 nitrogen and oxygen atoms in total. The molecule has 148 valence electrons. The topological polar surface area (TPSA) is 45.5 Å². The van der Waals surface area contributed by atoms with Gasteiger partial charge in [0.05, 0.1) is 12.4 Å². The van der Waals surface area contributed by atoms with Crippen LogP contribution in [-0.2, 0) is 6.42 Å². The van der Waals surface area contributed by atoms with E-state index in [0.717, 1.165) is 25.5 Å². The molecule has 2 heterocycles. The van der Waals surface area contributed by atoms with Crippen LogP contribution in [0.25, 0.3) is 0 Å². The number of guanidine groups is 1. The number of imidazole rings is 1. The van der Waals surface area contributed by atoms with Crippen molar-refractivity contribution in [2.45, 2.75) is 25.8 Å². The van der Waals surface area contributed by atoms with Gasteiger partial charge in [-0.25, -0.2) is 13.8 Å². The predicted octanol–water partition coefficient (Wildman–Crippen LogP) is 3.48. The van der Waals surface area contributed by atoms with E-state index in [1.807, 2.05) is 12.5 Å². The summed E-state index contributed by atoms with van der Waals surface area (Å²) >= 11 is 0. The van der Waals surface area contributed by atoms with Gasteiger partial charge in [0.25, 0.3) is 0 Å². The summed E-state index contributed by atoms with van der Waals surface area (Å²) in [6, 6.07) is 4.28. The third-order valence-electron chi connectivity index (χ3n) is 5.06. The zero-order valence-electron chi connectivity index (χ0n) is 15.6. The number of piperidine rings is 1. The number of aliphatic imine (C=N–C) groups is 1. The van der Waals surface area contributed by atoms with Gasteiger partial charge in [0, 0.05) is 44.6 Å². The van der Waals surface area contributed by atoms with Crippen molar-refractivity contribution in [3.8, 4) is 0 Å². The molecule has 0 bridgehead atoms. The van der Waals surface area contributed by atoms with E-state index in [4.69, 9.17) is 0 Å². The second-order valence-electron chi connectivity index (χ2n) is 6.71. The molecule has 1 fully saturated rings. The highest BCUT2D eigenvalue weighted by molar-refractivity contribution is 14.0. The van der Waals surface area contributed by atoms with Gasteiger partial charge >= 0.3 is 0 Å². The van der Waals surface area contributed by atoms with Crippen LogP contribution in [0.4, 0.5) is 8.78 Å². The molecule has 0 radical (unpaired) electrons. The van der Waals surface area contributed by atoms with Gasteiger partial charge in [-0.05, 0) is 30.9 Å². The molecule has 8 heteroatoms. The van der Waals surface area contributed by atoms with Gasteiger partial charge in [0.1, 0.15) is 11.6 Å². The zero-order valence-corrected chi connectivity index (χ0v) is 17.9. The van der Waals surface area contributed by atoms with E-state index >= 15 is 0 Å². The highest BCUT2D eigenvalue weighted by atomic mass is 127. The normalized spacial score (nSPS) is 20.3. The Balaban J connectivity index is 0.00000261. The Labute approximate surface area is 175 Å². The van der Waals surface area contributed by atoms with Crippen molar-refractivity contribution in [1.82, 2.24) is 19.8 Å².